The normalized spacial score (nSPS) is 14.9. The molecule has 1 aliphatic rings. The number of ether oxygens (including phenoxy) is 1. The van der Waals surface area contributed by atoms with Crippen LogP contribution in [-0.2, 0) is 17.7 Å². The number of esters is 1. The monoisotopic (exact) mass is 194 g/mol. The quantitative estimate of drug-likeness (QED) is 0.668. The first-order valence-electron chi connectivity index (χ1n) is 5.04. The van der Waals surface area contributed by atoms with Gasteiger partial charge in [-0.25, -0.2) is 9.78 Å². The molecule has 0 aliphatic carbocycles. The van der Waals surface area contributed by atoms with Crippen molar-refractivity contribution >= 4 is 5.97 Å². The van der Waals surface area contributed by atoms with Crippen molar-refractivity contribution < 1.29 is 9.53 Å². The minimum atomic E-state index is -0.256. The van der Waals surface area contributed by atoms with Crippen molar-refractivity contribution in [2.75, 3.05) is 6.61 Å². The Kier molecular flexibility index (Phi) is 2.52. The van der Waals surface area contributed by atoms with Crippen molar-refractivity contribution in [1.82, 2.24) is 9.55 Å². The van der Waals surface area contributed by atoms with E-state index in [0.29, 0.717) is 12.3 Å². The number of imidazole rings is 1. The Bertz CT molecular complexity index is 344. The number of aryl methyl sites for hydroxylation is 1. The smallest absolute Gasteiger partial charge is 0.356 e. The molecule has 1 aliphatic heterocycles. The van der Waals surface area contributed by atoms with Crippen LogP contribution in [0.3, 0.4) is 0 Å². The molecule has 14 heavy (non-hydrogen) atoms. The highest BCUT2D eigenvalue weighted by molar-refractivity contribution is 5.87. The van der Waals surface area contributed by atoms with Crippen molar-refractivity contribution in [1.29, 1.82) is 0 Å². The van der Waals surface area contributed by atoms with Crippen LogP contribution in [0.5, 0.6) is 0 Å². The van der Waals surface area contributed by atoms with Crippen LogP contribution in [0, 0.1) is 0 Å². The second-order valence-electron chi connectivity index (χ2n) is 3.39. The molecule has 2 rings (SSSR count). The molecule has 76 valence electrons. The standard InChI is InChI=1S/C10H14N2O2/c1-2-14-10(13)8-7-11-9-5-3-4-6-12(8)9/h7H,2-6H2,1H3. The van der Waals surface area contributed by atoms with Gasteiger partial charge < -0.3 is 9.30 Å². The number of carbonyl (C=O) groups is 1. The van der Waals surface area contributed by atoms with E-state index in [-0.39, 0.29) is 5.97 Å². The van der Waals surface area contributed by atoms with E-state index < -0.39 is 0 Å². The van der Waals surface area contributed by atoms with Crippen molar-refractivity contribution in [2.24, 2.45) is 0 Å². The van der Waals surface area contributed by atoms with Crippen LogP contribution in [-0.4, -0.2) is 22.1 Å². The Balaban J connectivity index is 2.25. The molecule has 2 heterocycles. The predicted octanol–water partition coefficient (Wildman–Crippen LogP) is 1.40. The van der Waals surface area contributed by atoms with Gasteiger partial charge in [-0.3, -0.25) is 0 Å². The Morgan fingerprint density at radius 1 is 1.64 bits per heavy atom. The van der Waals surface area contributed by atoms with Crippen LogP contribution in [0.4, 0.5) is 0 Å². The van der Waals surface area contributed by atoms with E-state index in [1.54, 1.807) is 6.20 Å². The van der Waals surface area contributed by atoms with Crippen LogP contribution < -0.4 is 0 Å². The minimum absolute atomic E-state index is 0.256. The lowest BCUT2D eigenvalue weighted by Crippen LogP contribution is -2.17. The molecule has 0 spiro atoms. The van der Waals surface area contributed by atoms with E-state index in [1.165, 1.54) is 6.42 Å². The van der Waals surface area contributed by atoms with Gasteiger partial charge in [-0.2, -0.15) is 0 Å². The SMILES string of the molecule is CCOC(=O)c1cnc2n1CCCC2. The summed E-state index contributed by atoms with van der Waals surface area (Å²) in [7, 11) is 0. The Morgan fingerprint density at radius 2 is 2.50 bits per heavy atom. The topological polar surface area (TPSA) is 44.1 Å². The molecule has 0 radical (unpaired) electrons. The van der Waals surface area contributed by atoms with Gasteiger partial charge in [0.25, 0.3) is 0 Å². The molecule has 1 aromatic heterocycles. The van der Waals surface area contributed by atoms with Crippen LogP contribution in [0.1, 0.15) is 36.1 Å². The summed E-state index contributed by atoms with van der Waals surface area (Å²) >= 11 is 0. The zero-order chi connectivity index (χ0) is 9.97. The Labute approximate surface area is 82.9 Å². The minimum Gasteiger partial charge on any atom is -0.461 e. The second-order valence-corrected chi connectivity index (χ2v) is 3.39. The number of hydrogen-bond acceptors (Lipinski definition) is 3. The summed E-state index contributed by atoms with van der Waals surface area (Å²) in [6.45, 7) is 3.12. The van der Waals surface area contributed by atoms with Gasteiger partial charge >= 0.3 is 5.97 Å². The number of rotatable bonds is 2. The van der Waals surface area contributed by atoms with Gasteiger partial charge in [-0.15, -0.1) is 0 Å². The van der Waals surface area contributed by atoms with E-state index in [2.05, 4.69) is 4.98 Å². The van der Waals surface area contributed by atoms with Gasteiger partial charge in [0.05, 0.1) is 12.8 Å². The molecule has 0 atom stereocenters. The van der Waals surface area contributed by atoms with Gasteiger partial charge in [0.2, 0.25) is 0 Å². The number of fused-ring (bicyclic) bond motifs is 1. The molecular weight excluding hydrogens is 180 g/mol. The third kappa shape index (κ3) is 1.52. The van der Waals surface area contributed by atoms with Crippen molar-refractivity contribution in [3.05, 3.63) is 17.7 Å². The largest absolute Gasteiger partial charge is 0.461 e. The van der Waals surface area contributed by atoms with E-state index in [4.69, 9.17) is 4.74 Å². The highest BCUT2D eigenvalue weighted by Gasteiger charge is 2.19. The zero-order valence-electron chi connectivity index (χ0n) is 8.32. The molecule has 0 saturated heterocycles. The number of nitrogens with zero attached hydrogens (tertiary/aromatic N) is 2. The molecule has 0 bridgehead atoms. The highest BCUT2D eigenvalue weighted by atomic mass is 16.5. The highest BCUT2D eigenvalue weighted by Crippen LogP contribution is 2.16. The van der Waals surface area contributed by atoms with Gasteiger partial charge in [0.1, 0.15) is 11.5 Å². The maximum atomic E-state index is 11.5. The Morgan fingerprint density at radius 3 is 3.29 bits per heavy atom. The average Bonchev–Trinajstić information content (AvgIpc) is 2.61. The van der Waals surface area contributed by atoms with Crippen LogP contribution >= 0.6 is 0 Å². The average molecular weight is 194 g/mol. The molecule has 0 unspecified atom stereocenters. The Hall–Kier alpha value is -1.32. The summed E-state index contributed by atoms with van der Waals surface area (Å²) in [5, 5.41) is 0. The molecule has 0 N–H and O–H groups in total. The van der Waals surface area contributed by atoms with E-state index in [1.807, 2.05) is 11.5 Å². The lowest BCUT2D eigenvalue weighted by Gasteiger charge is -2.15. The maximum Gasteiger partial charge on any atom is 0.356 e. The fourth-order valence-corrected chi connectivity index (χ4v) is 1.78. The van der Waals surface area contributed by atoms with Crippen LogP contribution in [0.2, 0.25) is 0 Å². The van der Waals surface area contributed by atoms with Crippen molar-refractivity contribution in [3.63, 3.8) is 0 Å². The molecule has 0 aromatic carbocycles. The lowest BCUT2D eigenvalue weighted by atomic mass is 10.2. The molecule has 0 fully saturated rings. The summed E-state index contributed by atoms with van der Waals surface area (Å²) in [4.78, 5) is 15.7. The molecular formula is C10H14N2O2. The first-order chi connectivity index (χ1) is 6.83. The second kappa shape index (κ2) is 3.82. The first kappa shape index (κ1) is 9.24. The summed E-state index contributed by atoms with van der Waals surface area (Å²) in [5.41, 5.74) is 0.599. The van der Waals surface area contributed by atoms with Gasteiger partial charge in [-0.05, 0) is 19.8 Å². The zero-order valence-corrected chi connectivity index (χ0v) is 8.32. The molecule has 0 amide bonds. The lowest BCUT2D eigenvalue weighted by molar-refractivity contribution is 0.0512. The number of hydrogen-bond donors (Lipinski definition) is 0. The molecule has 4 nitrogen and oxygen atoms in total. The van der Waals surface area contributed by atoms with Gasteiger partial charge in [0, 0.05) is 13.0 Å². The summed E-state index contributed by atoms with van der Waals surface area (Å²) in [6.07, 6.45) is 4.88. The van der Waals surface area contributed by atoms with Crippen molar-refractivity contribution in [3.8, 4) is 0 Å². The molecule has 0 saturated carbocycles. The van der Waals surface area contributed by atoms with Crippen LogP contribution in [0.15, 0.2) is 6.20 Å². The van der Waals surface area contributed by atoms with E-state index in [9.17, 15) is 4.79 Å². The maximum absolute atomic E-state index is 11.5. The summed E-state index contributed by atoms with van der Waals surface area (Å²) in [6, 6.07) is 0. The fraction of sp³-hybridized carbons (Fsp3) is 0.600. The van der Waals surface area contributed by atoms with E-state index >= 15 is 0 Å². The summed E-state index contributed by atoms with van der Waals surface area (Å²) < 4.78 is 6.93. The predicted molar refractivity (Wildman–Crippen MR) is 51.1 cm³/mol. The third-order valence-corrected chi connectivity index (χ3v) is 2.45. The molecule has 4 heteroatoms. The van der Waals surface area contributed by atoms with E-state index in [0.717, 1.165) is 25.2 Å². The van der Waals surface area contributed by atoms with Gasteiger partial charge in [-0.1, -0.05) is 0 Å². The fourth-order valence-electron chi connectivity index (χ4n) is 1.78. The first-order valence-corrected chi connectivity index (χ1v) is 5.04. The van der Waals surface area contributed by atoms with Gasteiger partial charge in [0.15, 0.2) is 0 Å². The van der Waals surface area contributed by atoms with Crippen molar-refractivity contribution in [2.45, 2.75) is 32.7 Å². The van der Waals surface area contributed by atoms with Crippen LogP contribution in [0.25, 0.3) is 0 Å². The third-order valence-electron chi connectivity index (χ3n) is 2.45. The molecule has 1 aromatic rings. The summed E-state index contributed by atoms with van der Waals surface area (Å²) in [5.74, 6) is 0.757. The number of aromatic nitrogens is 2. The number of carbonyl (C=O) groups excluding carboxylic acids is 1.